The zero-order valence-corrected chi connectivity index (χ0v) is 13.0. The standard InChI is InChI=1S/C14H26F2O2S/c1-4-5-6-9-13(2,12(17)18)19-11-8-7-10-14(3,15)16/h4-11H2,1-3H3,(H,17,18). The highest BCUT2D eigenvalue weighted by Gasteiger charge is 2.32. The third kappa shape index (κ3) is 9.25. The van der Waals surface area contributed by atoms with Gasteiger partial charge in [-0.15, -0.1) is 11.8 Å². The SMILES string of the molecule is CCCCCC(C)(SCCCCC(C)(F)F)C(=O)O. The molecule has 0 aliphatic rings. The summed E-state index contributed by atoms with van der Waals surface area (Å²) in [7, 11) is 0. The first-order chi connectivity index (χ1) is 8.71. The molecule has 0 spiro atoms. The largest absolute Gasteiger partial charge is 0.480 e. The maximum Gasteiger partial charge on any atom is 0.319 e. The Morgan fingerprint density at radius 3 is 2.16 bits per heavy atom. The number of thioether (sulfide) groups is 1. The van der Waals surface area contributed by atoms with Crippen LogP contribution in [0.3, 0.4) is 0 Å². The second-order valence-electron chi connectivity index (χ2n) is 5.37. The number of carbonyl (C=O) groups is 1. The molecule has 1 unspecified atom stereocenters. The molecule has 0 aromatic carbocycles. The van der Waals surface area contributed by atoms with Gasteiger partial charge in [0.2, 0.25) is 5.92 Å². The fraction of sp³-hybridized carbons (Fsp3) is 0.929. The molecule has 0 rings (SSSR count). The smallest absolute Gasteiger partial charge is 0.319 e. The summed E-state index contributed by atoms with van der Waals surface area (Å²) < 4.78 is 24.5. The van der Waals surface area contributed by atoms with Crippen LogP contribution in [0.15, 0.2) is 0 Å². The Morgan fingerprint density at radius 2 is 1.68 bits per heavy atom. The highest BCUT2D eigenvalue weighted by Crippen LogP contribution is 2.32. The Kier molecular flexibility index (Phi) is 8.62. The zero-order chi connectivity index (χ0) is 14.9. The predicted molar refractivity (Wildman–Crippen MR) is 77.1 cm³/mol. The number of rotatable bonds is 11. The maximum atomic E-state index is 12.6. The summed E-state index contributed by atoms with van der Waals surface area (Å²) in [5.74, 6) is -2.78. The molecule has 0 aliphatic heterocycles. The van der Waals surface area contributed by atoms with Crippen molar-refractivity contribution in [3.8, 4) is 0 Å². The number of hydrogen-bond donors (Lipinski definition) is 1. The predicted octanol–water partition coefficient (Wildman–Crippen LogP) is 4.97. The minimum atomic E-state index is -2.61. The molecular weight excluding hydrogens is 270 g/mol. The van der Waals surface area contributed by atoms with Gasteiger partial charge < -0.3 is 5.11 Å². The van der Waals surface area contributed by atoms with Crippen molar-refractivity contribution >= 4 is 17.7 Å². The number of carboxylic acid groups (broad SMARTS) is 1. The number of hydrogen-bond acceptors (Lipinski definition) is 2. The molecular formula is C14H26F2O2S. The molecule has 0 radical (unpaired) electrons. The van der Waals surface area contributed by atoms with Crippen molar-refractivity contribution in [2.45, 2.75) is 76.4 Å². The molecule has 0 aromatic rings. The van der Waals surface area contributed by atoms with Crippen molar-refractivity contribution < 1.29 is 18.7 Å². The van der Waals surface area contributed by atoms with E-state index >= 15 is 0 Å². The minimum Gasteiger partial charge on any atom is -0.480 e. The van der Waals surface area contributed by atoms with Gasteiger partial charge in [-0.05, 0) is 38.9 Å². The maximum absolute atomic E-state index is 12.6. The van der Waals surface area contributed by atoms with Crippen LogP contribution in [0.5, 0.6) is 0 Å². The van der Waals surface area contributed by atoms with Crippen LogP contribution in [0.1, 0.15) is 65.7 Å². The molecule has 0 aromatic heterocycles. The van der Waals surface area contributed by atoms with Crippen molar-refractivity contribution in [3.63, 3.8) is 0 Å². The zero-order valence-electron chi connectivity index (χ0n) is 12.2. The van der Waals surface area contributed by atoms with Gasteiger partial charge >= 0.3 is 5.97 Å². The van der Waals surface area contributed by atoms with Crippen LogP contribution in [0.4, 0.5) is 8.78 Å². The second-order valence-corrected chi connectivity index (χ2v) is 6.97. The Labute approximate surface area is 119 Å². The third-order valence-electron chi connectivity index (χ3n) is 3.14. The first-order valence-electron chi connectivity index (χ1n) is 6.96. The van der Waals surface area contributed by atoms with E-state index in [0.717, 1.165) is 26.2 Å². The summed E-state index contributed by atoms with van der Waals surface area (Å²) in [6, 6.07) is 0. The minimum absolute atomic E-state index is 0.118. The van der Waals surface area contributed by atoms with E-state index in [1.165, 1.54) is 11.8 Å². The molecule has 0 saturated heterocycles. The lowest BCUT2D eigenvalue weighted by molar-refractivity contribution is -0.139. The number of unbranched alkanes of at least 4 members (excludes halogenated alkanes) is 3. The van der Waals surface area contributed by atoms with Crippen LogP contribution in [-0.2, 0) is 4.79 Å². The average molecular weight is 296 g/mol. The van der Waals surface area contributed by atoms with Crippen LogP contribution >= 0.6 is 11.8 Å². The molecule has 19 heavy (non-hydrogen) atoms. The van der Waals surface area contributed by atoms with Crippen molar-refractivity contribution in [3.05, 3.63) is 0 Å². The van der Waals surface area contributed by atoms with E-state index in [9.17, 15) is 18.7 Å². The summed E-state index contributed by atoms with van der Waals surface area (Å²) in [5, 5.41) is 9.28. The first kappa shape index (κ1) is 18.7. The van der Waals surface area contributed by atoms with E-state index < -0.39 is 16.6 Å². The molecule has 0 heterocycles. The lowest BCUT2D eigenvalue weighted by Gasteiger charge is -2.24. The summed E-state index contributed by atoms with van der Waals surface area (Å²) in [4.78, 5) is 11.3. The van der Waals surface area contributed by atoms with E-state index in [2.05, 4.69) is 6.92 Å². The van der Waals surface area contributed by atoms with E-state index in [1.807, 2.05) is 0 Å². The number of halogens is 2. The fourth-order valence-electron chi connectivity index (χ4n) is 1.79. The summed E-state index contributed by atoms with van der Waals surface area (Å²) >= 11 is 1.39. The summed E-state index contributed by atoms with van der Waals surface area (Å²) in [6.45, 7) is 4.74. The van der Waals surface area contributed by atoms with Crippen molar-refractivity contribution in [2.24, 2.45) is 0 Å². The van der Waals surface area contributed by atoms with Crippen molar-refractivity contribution in [1.82, 2.24) is 0 Å². The monoisotopic (exact) mass is 296 g/mol. The molecule has 0 saturated carbocycles. The average Bonchev–Trinajstić information content (AvgIpc) is 2.27. The fourth-order valence-corrected chi connectivity index (χ4v) is 3.00. The molecule has 0 aliphatic carbocycles. The van der Waals surface area contributed by atoms with Gasteiger partial charge in [0.15, 0.2) is 0 Å². The van der Waals surface area contributed by atoms with E-state index in [0.29, 0.717) is 25.0 Å². The molecule has 5 heteroatoms. The highest BCUT2D eigenvalue weighted by atomic mass is 32.2. The molecule has 114 valence electrons. The second kappa shape index (κ2) is 8.77. The van der Waals surface area contributed by atoms with Crippen LogP contribution in [0.2, 0.25) is 0 Å². The normalized spacial score (nSPS) is 15.2. The van der Waals surface area contributed by atoms with Gasteiger partial charge in [0.25, 0.3) is 0 Å². The highest BCUT2D eigenvalue weighted by molar-refractivity contribution is 8.01. The van der Waals surface area contributed by atoms with Crippen LogP contribution in [-0.4, -0.2) is 27.5 Å². The summed E-state index contributed by atoms with van der Waals surface area (Å²) in [5.41, 5.74) is 0. The Bertz CT molecular complexity index is 267. The van der Waals surface area contributed by atoms with Crippen molar-refractivity contribution in [2.75, 3.05) is 5.75 Å². The van der Waals surface area contributed by atoms with Gasteiger partial charge in [0, 0.05) is 6.42 Å². The van der Waals surface area contributed by atoms with Gasteiger partial charge in [0.1, 0.15) is 4.75 Å². The molecule has 0 bridgehead atoms. The van der Waals surface area contributed by atoms with Crippen LogP contribution in [0.25, 0.3) is 0 Å². The number of alkyl halides is 2. The van der Waals surface area contributed by atoms with Crippen molar-refractivity contribution in [1.29, 1.82) is 0 Å². The quantitative estimate of drug-likeness (QED) is 0.547. The molecule has 1 atom stereocenters. The van der Waals surface area contributed by atoms with E-state index in [-0.39, 0.29) is 6.42 Å². The van der Waals surface area contributed by atoms with Crippen LogP contribution < -0.4 is 0 Å². The van der Waals surface area contributed by atoms with E-state index in [4.69, 9.17) is 0 Å². The summed E-state index contributed by atoms with van der Waals surface area (Å²) in [6.07, 6.45) is 4.61. The molecule has 1 N–H and O–H groups in total. The number of carboxylic acids is 1. The lowest BCUT2D eigenvalue weighted by atomic mass is 10.0. The van der Waals surface area contributed by atoms with Gasteiger partial charge in [-0.3, -0.25) is 4.79 Å². The molecule has 2 nitrogen and oxygen atoms in total. The third-order valence-corrected chi connectivity index (χ3v) is 4.65. The topological polar surface area (TPSA) is 37.3 Å². The molecule has 0 fully saturated rings. The Hall–Kier alpha value is -0.320. The van der Waals surface area contributed by atoms with Crippen LogP contribution in [0, 0.1) is 0 Å². The van der Waals surface area contributed by atoms with E-state index in [1.54, 1.807) is 6.92 Å². The first-order valence-corrected chi connectivity index (χ1v) is 7.95. The lowest BCUT2D eigenvalue weighted by Crippen LogP contribution is -2.31. The van der Waals surface area contributed by atoms with Gasteiger partial charge in [0.05, 0.1) is 0 Å². The van der Waals surface area contributed by atoms with Gasteiger partial charge in [-0.25, -0.2) is 8.78 Å². The van der Waals surface area contributed by atoms with Gasteiger partial charge in [-0.2, -0.15) is 0 Å². The molecule has 0 amide bonds. The Morgan fingerprint density at radius 1 is 1.11 bits per heavy atom. The Balaban J connectivity index is 3.97. The van der Waals surface area contributed by atoms with Gasteiger partial charge in [-0.1, -0.05) is 26.2 Å². The number of aliphatic carboxylic acids is 1.